The van der Waals surface area contributed by atoms with Crippen molar-refractivity contribution >= 4 is 78.0 Å². The highest BCUT2D eigenvalue weighted by Gasteiger charge is 2.52. The van der Waals surface area contributed by atoms with Crippen molar-refractivity contribution < 1.29 is 0 Å². The molecule has 6 aromatic rings. The minimum atomic E-state index is -0.0963. The first kappa shape index (κ1) is 46.1. The lowest BCUT2D eigenvalue weighted by molar-refractivity contribution is 0.332. The van der Waals surface area contributed by atoms with Gasteiger partial charge in [0.2, 0.25) is 0 Å². The van der Waals surface area contributed by atoms with Crippen LogP contribution in [0, 0.1) is 5.92 Å². The number of rotatable bonds is 2. The Morgan fingerprint density at radius 2 is 1.13 bits per heavy atom. The SMILES string of the molecule is C[C@H]1c2cc3c4c(sc3cc2C2(C)CCCC12)B1c2cc(C(C)(C)C)ccc2N(c2cc(C(C)(C)C)cc(C(C)(C)C)c2)c2cc(C(C)(C)C)cc(c21)N4c1ccc2c(c1)C(C)(C)CCC2(C)C. The van der Waals surface area contributed by atoms with Gasteiger partial charge in [-0.1, -0.05) is 155 Å². The third-order valence-corrected chi connectivity index (χ3v) is 19.5. The summed E-state index contributed by atoms with van der Waals surface area (Å²) in [6.07, 6.45) is 6.39. The maximum Gasteiger partial charge on any atom is 0.264 e. The smallest absolute Gasteiger partial charge is 0.264 e. The van der Waals surface area contributed by atoms with Gasteiger partial charge in [0, 0.05) is 43.3 Å². The predicted molar refractivity (Wildman–Crippen MR) is 299 cm³/mol. The van der Waals surface area contributed by atoms with E-state index in [4.69, 9.17) is 0 Å². The first-order valence-electron chi connectivity index (χ1n) is 26.3. The molecule has 68 heavy (non-hydrogen) atoms. The molecule has 0 spiro atoms. The highest BCUT2D eigenvalue weighted by atomic mass is 32.1. The summed E-state index contributed by atoms with van der Waals surface area (Å²) < 4.78 is 2.94. The average Bonchev–Trinajstić information content (AvgIpc) is 3.88. The zero-order chi connectivity index (χ0) is 48.8. The van der Waals surface area contributed by atoms with Gasteiger partial charge in [-0.2, -0.15) is 0 Å². The Morgan fingerprint density at radius 3 is 1.75 bits per heavy atom. The number of hydrogen-bond donors (Lipinski definition) is 0. The molecule has 1 fully saturated rings. The van der Waals surface area contributed by atoms with Crippen molar-refractivity contribution in [2.75, 3.05) is 9.80 Å². The molecule has 5 aliphatic rings. The fraction of sp³-hybridized carbons (Fsp3) is 0.500. The lowest BCUT2D eigenvalue weighted by Crippen LogP contribution is -2.60. The molecule has 0 amide bonds. The molecule has 2 aliphatic heterocycles. The molecule has 354 valence electrons. The van der Waals surface area contributed by atoms with E-state index >= 15 is 0 Å². The van der Waals surface area contributed by atoms with Gasteiger partial charge in [-0.05, 0) is 185 Å². The molecule has 0 radical (unpaired) electrons. The van der Waals surface area contributed by atoms with Gasteiger partial charge < -0.3 is 9.80 Å². The van der Waals surface area contributed by atoms with Crippen LogP contribution in [0.2, 0.25) is 0 Å². The van der Waals surface area contributed by atoms with E-state index in [1.165, 1.54) is 125 Å². The summed E-state index contributed by atoms with van der Waals surface area (Å²) in [6, 6.07) is 33.4. The van der Waals surface area contributed by atoms with E-state index in [9.17, 15) is 0 Å². The lowest BCUT2D eigenvalue weighted by atomic mass is 9.36. The minimum absolute atomic E-state index is 0.0117. The second-order valence-electron chi connectivity index (χ2n) is 28.0. The van der Waals surface area contributed by atoms with E-state index in [1.54, 1.807) is 11.1 Å². The van der Waals surface area contributed by atoms with Crippen molar-refractivity contribution in [1.29, 1.82) is 0 Å². The fourth-order valence-electron chi connectivity index (χ4n) is 13.7. The summed E-state index contributed by atoms with van der Waals surface area (Å²) in [5.74, 6) is 1.29. The Kier molecular flexibility index (Phi) is 9.78. The minimum Gasteiger partial charge on any atom is -0.311 e. The van der Waals surface area contributed by atoms with Crippen LogP contribution in [0.4, 0.5) is 34.1 Å². The molecule has 3 aliphatic carbocycles. The van der Waals surface area contributed by atoms with E-state index in [2.05, 4.69) is 225 Å². The van der Waals surface area contributed by atoms with Crippen LogP contribution in [0.3, 0.4) is 0 Å². The second-order valence-corrected chi connectivity index (χ2v) is 29.1. The van der Waals surface area contributed by atoms with Crippen LogP contribution in [0.1, 0.15) is 207 Å². The van der Waals surface area contributed by atoms with Gasteiger partial charge >= 0.3 is 0 Å². The molecule has 3 atom stereocenters. The van der Waals surface area contributed by atoms with Crippen molar-refractivity contribution in [2.45, 2.75) is 201 Å². The predicted octanol–water partition coefficient (Wildman–Crippen LogP) is 16.7. The van der Waals surface area contributed by atoms with Crippen LogP contribution in [-0.2, 0) is 37.9 Å². The Morgan fingerprint density at radius 1 is 0.544 bits per heavy atom. The molecule has 2 unspecified atom stereocenters. The largest absolute Gasteiger partial charge is 0.311 e. The van der Waals surface area contributed by atoms with Gasteiger partial charge in [0.25, 0.3) is 6.71 Å². The standard InChI is InChI=1S/C64H79BN2S/c1-37-44-35-45-54(36-48(44)64(18)25-19-20-46(37)64)68-57-56(45)67(42-22-23-47-49(34-42)63(16,17)27-26-62(47,14)15)53-33-41(61(11,12)13)32-52-55(53)65(57)50-31-38(58(2,3)4)21-24-51(50)66(52)43-29-39(59(5,6)7)28-40(30-43)60(8,9)10/h21-24,28-37,46H,19-20,25-27H2,1-18H3/t37-,46?,64?/m0/s1. The Hall–Kier alpha value is -4.28. The maximum absolute atomic E-state index is 2.79. The third kappa shape index (κ3) is 6.74. The molecule has 2 nitrogen and oxygen atoms in total. The highest BCUT2D eigenvalue weighted by molar-refractivity contribution is 7.33. The third-order valence-electron chi connectivity index (χ3n) is 18.3. The first-order chi connectivity index (χ1) is 31.5. The van der Waals surface area contributed by atoms with Gasteiger partial charge in [0.15, 0.2) is 0 Å². The molecular formula is C64H79BN2S. The fourth-order valence-corrected chi connectivity index (χ4v) is 15.1. The highest BCUT2D eigenvalue weighted by Crippen LogP contribution is 2.61. The molecule has 5 aromatic carbocycles. The average molecular weight is 919 g/mol. The maximum atomic E-state index is 2.79. The topological polar surface area (TPSA) is 6.48 Å². The molecule has 1 saturated carbocycles. The number of hydrogen-bond acceptors (Lipinski definition) is 3. The van der Waals surface area contributed by atoms with Crippen LogP contribution in [0.25, 0.3) is 10.1 Å². The van der Waals surface area contributed by atoms with Crippen molar-refractivity contribution in [2.24, 2.45) is 5.92 Å². The lowest BCUT2D eigenvalue weighted by Gasteiger charge is -2.46. The number of thiophene rings is 1. The summed E-state index contributed by atoms with van der Waals surface area (Å²) in [5.41, 5.74) is 22.9. The van der Waals surface area contributed by atoms with Gasteiger partial charge in [-0.25, -0.2) is 0 Å². The zero-order valence-electron chi connectivity index (χ0n) is 45.1. The van der Waals surface area contributed by atoms with Crippen molar-refractivity contribution in [3.05, 3.63) is 123 Å². The van der Waals surface area contributed by atoms with Crippen LogP contribution in [0.15, 0.2) is 78.9 Å². The molecule has 4 heteroatoms. The van der Waals surface area contributed by atoms with E-state index in [-0.39, 0.29) is 44.6 Å². The Balaban J connectivity index is 1.29. The molecule has 0 N–H and O–H groups in total. The number of nitrogens with zero attached hydrogens (tertiary/aromatic N) is 2. The molecule has 0 saturated heterocycles. The van der Waals surface area contributed by atoms with Crippen molar-refractivity contribution in [3.63, 3.8) is 0 Å². The number of benzene rings is 5. The molecular weight excluding hydrogens is 840 g/mol. The van der Waals surface area contributed by atoms with Crippen molar-refractivity contribution in [3.8, 4) is 0 Å². The molecule has 3 heterocycles. The van der Waals surface area contributed by atoms with Crippen molar-refractivity contribution in [1.82, 2.24) is 0 Å². The summed E-state index contributed by atoms with van der Waals surface area (Å²) in [5, 5.41) is 1.44. The van der Waals surface area contributed by atoms with Gasteiger partial charge in [-0.3, -0.25) is 0 Å². The Bertz CT molecular complexity index is 3060. The second kappa shape index (κ2) is 14.4. The van der Waals surface area contributed by atoms with Gasteiger partial charge in [0.1, 0.15) is 0 Å². The number of anilines is 6. The van der Waals surface area contributed by atoms with Crippen LogP contribution >= 0.6 is 11.3 Å². The van der Waals surface area contributed by atoms with Crippen LogP contribution in [-0.4, -0.2) is 6.71 Å². The van der Waals surface area contributed by atoms with Gasteiger partial charge in [0.05, 0.1) is 5.69 Å². The summed E-state index contributed by atoms with van der Waals surface area (Å²) >= 11 is 2.10. The van der Waals surface area contributed by atoms with E-state index in [0.717, 1.165) is 5.92 Å². The van der Waals surface area contributed by atoms with Crippen LogP contribution in [0.5, 0.6) is 0 Å². The molecule has 11 rings (SSSR count). The summed E-state index contributed by atoms with van der Waals surface area (Å²) in [7, 11) is 0. The van der Waals surface area contributed by atoms with E-state index in [0.29, 0.717) is 5.92 Å². The van der Waals surface area contributed by atoms with E-state index < -0.39 is 0 Å². The summed E-state index contributed by atoms with van der Waals surface area (Å²) in [6.45, 7) is 43.8. The summed E-state index contributed by atoms with van der Waals surface area (Å²) in [4.78, 5) is 5.48. The monoisotopic (exact) mass is 919 g/mol. The quantitative estimate of drug-likeness (QED) is 0.159. The first-order valence-corrected chi connectivity index (χ1v) is 27.2. The van der Waals surface area contributed by atoms with Crippen LogP contribution < -0.4 is 25.5 Å². The van der Waals surface area contributed by atoms with E-state index in [1.807, 2.05) is 0 Å². The molecule has 1 aromatic heterocycles. The molecule has 0 bridgehead atoms. The Labute approximate surface area is 415 Å². The number of fused-ring (bicyclic) bond motifs is 10. The zero-order valence-corrected chi connectivity index (χ0v) is 45.9. The van der Waals surface area contributed by atoms with Gasteiger partial charge in [-0.15, -0.1) is 11.3 Å². The normalized spacial score (nSPS) is 22.5.